The molecule has 31 heavy (non-hydrogen) atoms. The monoisotopic (exact) mass is 425 g/mol. The number of hydrogen-bond acceptors (Lipinski definition) is 5. The molecule has 2 aromatic carbocycles. The third-order valence-electron chi connectivity index (χ3n) is 4.97. The lowest BCUT2D eigenvalue weighted by Crippen LogP contribution is -2.32. The van der Waals surface area contributed by atoms with Gasteiger partial charge in [0.25, 0.3) is 0 Å². The van der Waals surface area contributed by atoms with Gasteiger partial charge in [0.05, 0.1) is 19.6 Å². The summed E-state index contributed by atoms with van der Waals surface area (Å²) >= 11 is 0. The van der Waals surface area contributed by atoms with Crippen LogP contribution < -0.4 is 25.0 Å². The summed E-state index contributed by atoms with van der Waals surface area (Å²) in [4.78, 5) is 38.0. The van der Waals surface area contributed by atoms with E-state index in [9.17, 15) is 14.4 Å². The van der Waals surface area contributed by atoms with Crippen LogP contribution in [0.5, 0.6) is 11.5 Å². The molecule has 8 nitrogen and oxygen atoms in total. The molecule has 2 N–H and O–H groups in total. The van der Waals surface area contributed by atoms with Crippen LogP contribution in [0.3, 0.4) is 0 Å². The molecule has 1 atom stereocenters. The van der Waals surface area contributed by atoms with Crippen LogP contribution in [0.1, 0.15) is 25.8 Å². The predicted molar refractivity (Wildman–Crippen MR) is 117 cm³/mol. The van der Waals surface area contributed by atoms with Crippen molar-refractivity contribution in [1.29, 1.82) is 0 Å². The van der Waals surface area contributed by atoms with Crippen LogP contribution in [-0.4, -0.2) is 38.0 Å². The summed E-state index contributed by atoms with van der Waals surface area (Å²) in [5, 5.41) is 5.60. The lowest BCUT2D eigenvalue weighted by atomic mass is 10.1. The molecule has 1 saturated heterocycles. The fourth-order valence-corrected chi connectivity index (χ4v) is 3.52. The Morgan fingerprint density at radius 2 is 1.97 bits per heavy atom. The zero-order chi connectivity index (χ0) is 22.4. The number of carbonyl (C=O) groups is 3. The second-order valence-corrected chi connectivity index (χ2v) is 7.27. The van der Waals surface area contributed by atoms with Crippen LogP contribution in [-0.2, 0) is 20.9 Å². The maximum atomic E-state index is 12.7. The molecule has 0 spiro atoms. The third kappa shape index (κ3) is 5.53. The van der Waals surface area contributed by atoms with E-state index in [4.69, 9.17) is 9.47 Å². The van der Waals surface area contributed by atoms with Gasteiger partial charge < -0.3 is 25.0 Å². The number of methoxy groups -OCH3 is 1. The Morgan fingerprint density at radius 1 is 1.16 bits per heavy atom. The minimum atomic E-state index is -0.443. The highest BCUT2D eigenvalue weighted by Crippen LogP contribution is 2.29. The first-order valence-corrected chi connectivity index (χ1v) is 10.2. The van der Waals surface area contributed by atoms with Gasteiger partial charge in [0.1, 0.15) is 0 Å². The first kappa shape index (κ1) is 22.1. The molecule has 1 heterocycles. The second kappa shape index (κ2) is 9.97. The SMILES string of the molecule is CCOc1ccc(CNC(=O)[C@@H]2CC(=O)N(c3cccc(NC(C)=O)c3)C2)cc1OC. The molecule has 8 heteroatoms. The van der Waals surface area contributed by atoms with Crippen molar-refractivity contribution in [1.82, 2.24) is 5.32 Å². The number of carbonyl (C=O) groups excluding carboxylic acids is 3. The highest BCUT2D eigenvalue weighted by Gasteiger charge is 2.35. The normalized spacial score (nSPS) is 15.5. The van der Waals surface area contributed by atoms with E-state index >= 15 is 0 Å². The number of nitrogens with one attached hydrogen (secondary N) is 2. The molecule has 0 unspecified atom stereocenters. The van der Waals surface area contributed by atoms with Crippen molar-refractivity contribution in [3.05, 3.63) is 48.0 Å². The standard InChI is InChI=1S/C23H27N3O5/c1-4-31-20-9-8-16(10-21(20)30-3)13-24-23(29)17-11-22(28)26(14-17)19-7-5-6-18(12-19)25-15(2)27/h5-10,12,17H,4,11,13-14H2,1-3H3,(H,24,29)(H,25,27)/t17-/m1/s1. The Hall–Kier alpha value is -3.55. The number of benzene rings is 2. The maximum absolute atomic E-state index is 12.7. The molecule has 1 fully saturated rings. The van der Waals surface area contributed by atoms with Crippen molar-refractivity contribution in [2.75, 3.05) is 30.5 Å². The Morgan fingerprint density at radius 3 is 2.68 bits per heavy atom. The quantitative estimate of drug-likeness (QED) is 0.678. The second-order valence-electron chi connectivity index (χ2n) is 7.27. The van der Waals surface area contributed by atoms with E-state index in [0.29, 0.717) is 42.6 Å². The molecular formula is C23H27N3O5. The van der Waals surface area contributed by atoms with E-state index in [1.165, 1.54) is 6.92 Å². The van der Waals surface area contributed by atoms with Crippen LogP contribution in [0.25, 0.3) is 0 Å². The fraction of sp³-hybridized carbons (Fsp3) is 0.348. The lowest BCUT2D eigenvalue weighted by molar-refractivity contribution is -0.126. The molecule has 0 saturated carbocycles. The Kier molecular flexibility index (Phi) is 7.12. The Bertz CT molecular complexity index is 975. The smallest absolute Gasteiger partial charge is 0.227 e. The molecule has 164 valence electrons. The van der Waals surface area contributed by atoms with Gasteiger partial charge >= 0.3 is 0 Å². The number of anilines is 2. The number of rotatable bonds is 8. The van der Waals surface area contributed by atoms with Gasteiger partial charge in [0.15, 0.2) is 11.5 Å². The van der Waals surface area contributed by atoms with Crippen LogP contribution in [0.2, 0.25) is 0 Å². The van der Waals surface area contributed by atoms with Crippen molar-refractivity contribution in [2.24, 2.45) is 5.92 Å². The number of amides is 3. The lowest BCUT2D eigenvalue weighted by Gasteiger charge is -2.18. The molecule has 0 aromatic heterocycles. The van der Waals surface area contributed by atoms with Crippen molar-refractivity contribution < 1.29 is 23.9 Å². The van der Waals surface area contributed by atoms with Gasteiger partial charge in [-0.25, -0.2) is 0 Å². The summed E-state index contributed by atoms with van der Waals surface area (Å²) in [5.74, 6) is 0.327. The highest BCUT2D eigenvalue weighted by atomic mass is 16.5. The van der Waals surface area contributed by atoms with Crippen LogP contribution in [0, 0.1) is 5.92 Å². The van der Waals surface area contributed by atoms with Crippen LogP contribution in [0.4, 0.5) is 11.4 Å². The van der Waals surface area contributed by atoms with Gasteiger partial charge in [-0.3, -0.25) is 14.4 Å². The highest BCUT2D eigenvalue weighted by molar-refractivity contribution is 6.01. The summed E-state index contributed by atoms with van der Waals surface area (Å²) in [6.07, 6.45) is 0.142. The van der Waals surface area contributed by atoms with Crippen LogP contribution >= 0.6 is 0 Å². The van der Waals surface area contributed by atoms with E-state index < -0.39 is 5.92 Å². The average molecular weight is 425 g/mol. The molecule has 1 aliphatic rings. The molecule has 3 amide bonds. The van der Waals surface area contributed by atoms with Crippen molar-refractivity contribution in [3.8, 4) is 11.5 Å². The summed E-state index contributed by atoms with van der Waals surface area (Å²) < 4.78 is 10.8. The average Bonchev–Trinajstić information content (AvgIpc) is 3.14. The summed E-state index contributed by atoms with van der Waals surface area (Å²) in [6, 6.07) is 12.5. The Labute approximate surface area is 181 Å². The molecule has 1 aliphatic heterocycles. The van der Waals surface area contributed by atoms with E-state index in [1.807, 2.05) is 25.1 Å². The van der Waals surface area contributed by atoms with E-state index in [-0.39, 0.29) is 24.1 Å². The summed E-state index contributed by atoms with van der Waals surface area (Å²) in [7, 11) is 1.57. The third-order valence-corrected chi connectivity index (χ3v) is 4.97. The number of ether oxygens (including phenoxy) is 2. The summed E-state index contributed by atoms with van der Waals surface area (Å²) in [6.45, 7) is 4.47. The van der Waals surface area contributed by atoms with Crippen LogP contribution in [0.15, 0.2) is 42.5 Å². The van der Waals surface area contributed by atoms with Gasteiger partial charge in [-0.1, -0.05) is 12.1 Å². The van der Waals surface area contributed by atoms with Crippen molar-refractivity contribution in [2.45, 2.75) is 26.8 Å². The molecule has 3 rings (SSSR count). The largest absolute Gasteiger partial charge is 0.493 e. The van der Waals surface area contributed by atoms with E-state index in [0.717, 1.165) is 5.56 Å². The molecule has 0 aliphatic carbocycles. The van der Waals surface area contributed by atoms with Gasteiger partial charge in [-0.2, -0.15) is 0 Å². The van der Waals surface area contributed by atoms with Gasteiger partial charge in [0.2, 0.25) is 17.7 Å². The molecule has 2 aromatic rings. The minimum Gasteiger partial charge on any atom is -0.493 e. The maximum Gasteiger partial charge on any atom is 0.227 e. The van der Waals surface area contributed by atoms with Crippen molar-refractivity contribution >= 4 is 29.1 Å². The van der Waals surface area contributed by atoms with Gasteiger partial charge in [-0.15, -0.1) is 0 Å². The fourth-order valence-electron chi connectivity index (χ4n) is 3.52. The summed E-state index contributed by atoms with van der Waals surface area (Å²) in [5.41, 5.74) is 2.13. The van der Waals surface area contributed by atoms with Crippen molar-refractivity contribution in [3.63, 3.8) is 0 Å². The van der Waals surface area contributed by atoms with Gasteiger partial charge in [0, 0.05) is 37.8 Å². The molecule has 0 bridgehead atoms. The van der Waals surface area contributed by atoms with E-state index in [2.05, 4.69) is 10.6 Å². The number of nitrogens with zero attached hydrogens (tertiary/aromatic N) is 1. The van der Waals surface area contributed by atoms with E-state index in [1.54, 1.807) is 36.3 Å². The topological polar surface area (TPSA) is 97.0 Å². The predicted octanol–water partition coefficient (Wildman–Crippen LogP) is 2.72. The first-order valence-electron chi connectivity index (χ1n) is 10.2. The molecular weight excluding hydrogens is 398 g/mol. The zero-order valence-corrected chi connectivity index (χ0v) is 17.9. The van der Waals surface area contributed by atoms with Gasteiger partial charge in [-0.05, 0) is 42.8 Å². The number of hydrogen-bond donors (Lipinski definition) is 2. The first-order chi connectivity index (χ1) is 14.9. The minimum absolute atomic E-state index is 0.122. The molecule has 0 radical (unpaired) electrons. The Balaban J connectivity index is 1.61. The zero-order valence-electron chi connectivity index (χ0n) is 17.9.